The van der Waals surface area contributed by atoms with Gasteiger partial charge in [0.25, 0.3) is 0 Å². The summed E-state index contributed by atoms with van der Waals surface area (Å²) in [6, 6.07) is 0. The second-order valence-electron chi connectivity index (χ2n) is 3.46. The van der Waals surface area contributed by atoms with Crippen molar-refractivity contribution in [3.63, 3.8) is 0 Å². The van der Waals surface area contributed by atoms with E-state index in [9.17, 15) is 18.0 Å². The Balaban J connectivity index is 3.78. The summed E-state index contributed by atoms with van der Waals surface area (Å²) in [6.07, 6.45) is -7.01. The predicted molar refractivity (Wildman–Crippen MR) is 44.5 cm³/mol. The summed E-state index contributed by atoms with van der Waals surface area (Å²) >= 11 is 0. The lowest BCUT2D eigenvalue weighted by atomic mass is 10.1. The van der Waals surface area contributed by atoms with Crippen LogP contribution in [0.4, 0.5) is 13.2 Å². The minimum absolute atomic E-state index is 0.0815. The Morgan fingerprint density at radius 3 is 2.29 bits per heavy atom. The van der Waals surface area contributed by atoms with Gasteiger partial charge in [0.15, 0.2) is 6.10 Å². The van der Waals surface area contributed by atoms with Crippen molar-refractivity contribution >= 4 is 5.91 Å². The fraction of sp³-hybridized carbons (Fsp3) is 0.875. The third-order valence-electron chi connectivity index (χ3n) is 1.46. The fourth-order valence-corrected chi connectivity index (χ4v) is 0.769. The van der Waals surface area contributed by atoms with Crippen LogP contribution in [0.2, 0.25) is 0 Å². The number of hydrogen-bond donors (Lipinski definition) is 2. The van der Waals surface area contributed by atoms with Crippen LogP contribution in [-0.4, -0.2) is 29.8 Å². The summed E-state index contributed by atoms with van der Waals surface area (Å²) in [5.41, 5.74) is 0. The fourth-order valence-electron chi connectivity index (χ4n) is 0.769. The van der Waals surface area contributed by atoms with E-state index in [2.05, 4.69) is 0 Å². The number of aliphatic hydroxyl groups excluding tert-OH is 1. The van der Waals surface area contributed by atoms with E-state index in [-0.39, 0.29) is 12.3 Å². The molecule has 14 heavy (non-hydrogen) atoms. The molecule has 0 aromatic heterocycles. The van der Waals surface area contributed by atoms with Crippen molar-refractivity contribution in [3.05, 3.63) is 0 Å². The first-order valence-corrected chi connectivity index (χ1v) is 4.25. The lowest BCUT2D eigenvalue weighted by Crippen LogP contribution is -2.40. The van der Waals surface area contributed by atoms with Crippen LogP contribution in [-0.2, 0) is 4.79 Å². The average molecular weight is 213 g/mol. The molecule has 0 aliphatic rings. The molecule has 6 heteroatoms. The standard InChI is InChI=1S/C8H14F3NO2/c1-5(2)3-7(14)12-4-6(13)8(9,10)11/h5-6,13H,3-4H2,1-2H3,(H,12,14). The van der Waals surface area contributed by atoms with Gasteiger partial charge >= 0.3 is 6.18 Å². The second-order valence-corrected chi connectivity index (χ2v) is 3.46. The van der Waals surface area contributed by atoms with Gasteiger partial charge in [-0.25, -0.2) is 0 Å². The van der Waals surface area contributed by atoms with Crippen LogP contribution in [0, 0.1) is 5.92 Å². The molecule has 1 atom stereocenters. The highest BCUT2D eigenvalue weighted by Crippen LogP contribution is 2.19. The molecule has 0 aromatic rings. The van der Waals surface area contributed by atoms with Crippen molar-refractivity contribution in [2.45, 2.75) is 32.5 Å². The van der Waals surface area contributed by atoms with Gasteiger partial charge < -0.3 is 10.4 Å². The Morgan fingerprint density at radius 1 is 1.43 bits per heavy atom. The van der Waals surface area contributed by atoms with E-state index in [1.54, 1.807) is 13.8 Å². The summed E-state index contributed by atoms with van der Waals surface area (Å²) in [7, 11) is 0. The van der Waals surface area contributed by atoms with Crippen molar-refractivity contribution in [1.29, 1.82) is 0 Å². The molecule has 0 saturated heterocycles. The highest BCUT2D eigenvalue weighted by atomic mass is 19.4. The van der Waals surface area contributed by atoms with Gasteiger partial charge in [-0.2, -0.15) is 13.2 Å². The van der Waals surface area contributed by atoms with Crippen molar-refractivity contribution in [3.8, 4) is 0 Å². The van der Waals surface area contributed by atoms with Gasteiger partial charge in [-0.1, -0.05) is 13.8 Å². The van der Waals surface area contributed by atoms with E-state index < -0.39 is 24.7 Å². The topological polar surface area (TPSA) is 49.3 Å². The smallest absolute Gasteiger partial charge is 0.382 e. The molecule has 0 saturated carbocycles. The van der Waals surface area contributed by atoms with E-state index in [1.165, 1.54) is 0 Å². The minimum Gasteiger partial charge on any atom is -0.382 e. The van der Waals surface area contributed by atoms with Crippen LogP contribution in [0.25, 0.3) is 0 Å². The Labute approximate surface area is 80.3 Å². The number of alkyl halides is 3. The number of hydrogen-bond acceptors (Lipinski definition) is 2. The number of amides is 1. The Hall–Kier alpha value is -0.780. The zero-order chi connectivity index (χ0) is 11.4. The molecule has 3 nitrogen and oxygen atoms in total. The van der Waals surface area contributed by atoms with Gasteiger partial charge in [0.2, 0.25) is 5.91 Å². The first-order valence-electron chi connectivity index (χ1n) is 4.25. The molecule has 84 valence electrons. The highest BCUT2D eigenvalue weighted by molar-refractivity contribution is 5.76. The highest BCUT2D eigenvalue weighted by Gasteiger charge is 2.38. The van der Waals surface area contributed by atoms with E-state index in [4.69, 9.17) is 5.11 Å². The molecule has 0 rings (SSSR count). The van der Waals surface area contributed by atoms with Crippen molar-refractivity contribution < 1.29 is 23.1 Å². The molecule has 0 aromatic carbocycles. The zero-order valence-corrected chi connectivity index (χ0v) is 8.06. The normalized spacial score (nSPS) is 14.2. The van der Waals surface area contributed by atoms with Crippen LogP contribution in [0.15, 0.2) is 0 Å². The Morgan fingerprint density at radius 2 is 1.93 bits per heavy atom. The molecule has 0 bridgehead atoms. The molecule has 0 spiro atoms. The lowest BCUT2D eigenvalue weighted by Gasteiger charge is -2.15. The molecular formula is C8H14F3NO2. The lowest BCUT2D eigenvalue weighted by molar-refractivity contribution is -0.201. The maximum atomic E-state index is 11.8. The molecular weight excluding hydrogens is 199 g/mol. The van der Waals surface area contributed by atoms with Gasteiger partial charge in [-0.05, 0) is 5.92 Å². The van der Waals surface area contributed by atoms with Gasteiger partial charge in [0, 0.05) is 6.42 Å². The second kappa shape index (κ2) is 5.19. The van der Waals surface area contributed by atoms with E-state index >= 15 is 0 Å². The predicted octanol–water partition coefficient (Wildman–Crippen LogP) is 1.07. The van der Waals surface area contributed by atoms with Gasteiger partial charge in [0.05, 0.1) is 6.54 Å². The maximum absolute atomic E-state index is 11.8. The number of carbonyl (C=O) groups is 1. The van der Waals surface area contributed by atoms with Crippen molar-refractivity contribution in [2.75, 3.05) is 6.54 Å². The van der Waals surface area contributed by atoms with E-state index in [1.807, 2.05) is 5.32 Å². The zero-order valence-electron chi connectivity index (χ0n) is 8.06. The number of rotatable bonds is 4. The summed E-state index contributed by atoms with van der Waals surface area (Å²) in [5.74, 6) is -0.402. The SMILES string of the molecule is CC(C)CC(=O)NCC(O)C(F)(F)F. The first kappa shape index (κ1) is 13.2. The van der Waals surface area contributed by atoms with Gasteiger partial charge in [-0.3, -0.25) is 4.79 Å². The number of nitrogens with one attached hydrogen (secondary N) is 1. The minimum atomic E-state index is -4.68. The molecule has 2 N–H and O–H groups in total. The molecule has 0 heterocycles. The van der Waals surface area contributed by atoms with Crippen molar-refractivity contribution in [1.82, 2.24) is 5.32 Å². The molecule has 0 aliphatic heterocycles. The third-order valence-corrected chi connectivity index (χ3v) is 1.46. The van der Waals surface area contributed by atoms with Crippen LogP contribution in [0.3, 0.4) is 0 Å². The molecule has 1 unspecified atom stereocenters. The van der Waals surface area contributed by atoms with Crippen LogP contribution >= 0.6 is 0 Å². The van der Waals surface area contributed by atoms with Gasteiger partial charge in [-0.15, -0.1) is 0 Å². The van der Waals surface area contributed by atoms with Crippen LogP contribution < -0.4 is 5.32 Å². The maximum Gasteiger partial charge on any atom is 0.416 e. The van der Waals surface area contributed by atoms with Gasteiger partial charge in [0.1, 0.15) is 0 Å². The summed E-state index contributed by atoms with van der Waals surface area (Å²) in [6.45, 7) is 2.77. The molecule has 0 aliphatic carbocycles. The quantitative estimate of drug-likeness (QED) is 0.734. The monoisotopic (exact) mass is 213 g/mol. The summed E-state index contributed by atoms with van der Waals surface area (Å²) in [4.78, 5) is 10.9. The van der Waals surface area contributed by atoms with E-state index in [0.717, 1.165) is 0 Å². The summed E-state index contributed by atoms with van der Waals surface area (Å²) in [5, 5.41) is 10.5. The summed E-state index contributed by atoms with van der Waals surface area (Å²) < 4.78 is 35.3. The molecule has 0 fully saturated rings. The van der Waals surface area contributed by atoms with Crippen molar-refractivity contribution in [2.24, 2.45) is 5.92 Å². The molecule has 1 amide bonds. The average Bonchev–Trinajstić information content (AvgIpc) is 1.96. The Bertz CT molecular complexity index is 192. The number of halogens is 3. The van der Waals surface area contributed by atoms with Crippen LogP contribution in [0.1, 0.15) is 20.3 Å². The number of aliphatic hydroxyl groups is 1. The Kier molecular flexibility index (Phi) is 4.90. The molecule has 0 radical (unpaired) electrons. The van der Waals surface area contributed by atoms with Crippen LogP contribution in [0.5, 0.6) is 0 Å². The largest absolute Gasteiger partial charge is 0.416 e. The number of carbonyl (C=O) groups excluding carboxylic acids is 1. The first-order chi connectivity index (χ1) is 6.23. The third kappa shape index (κ3) is 5.80. The van der Waals surface area contributed by atoms with E-state index in [0.29, 0.717) is 0 Å².